The van der Waals surface area contributed by atoms with Crippen molar-refractivity contribution in [2.75, 3.05) is 13.1 Å². The highest BCUT2D eigenvalue weighted by Crippen LogP contribution is 2.22. The summed E-state index contributed by atoms with van der Waals surface area (Å²) < 4.78 is 0. The molecule has 18 heavy (non-hydrogen) atoms. The molecule has 0 amide bonds. The zero-order valence-corrected chi connectivity index (χ0v) is 12.6. The minimum Gasteiger partial charge on any atom is -0.330 e. The van der Waals surface area contributed by atoms with E-state index in [0.717, 1.165) is 26.1 Å². The Morgan fingerprint density at radius 3 is 2.39 bits per heavy atom. The van der Waals surface area contributed by atoms with Gasteiger partial charge in [-0.05, 0) is 36.7 Å². The van der Waals surface area contributed by atoms with Crippen molar-refractivity contribution < 1.29 is 0 Å². The van der Waals surface area contributed by atoms with Crippen LogP contribution in [0.2, 0.25) is 0 Å². The molecule has 0 aliphatic carbocycles. The molecule has 1 rings (SSSR count). The van der Waals surface area contributed by atoms with Crippen LogP contribution in [0, 0.1) is 5.92 Å². The number of nitrogens with one attached hydrogen (secondary N) is 1. The third kappa shape index (κ3) is 5.89. The van der Waals surface area contributed by atoms with Crippen LogP contribution in [0.4, 0.5) is 0 Å². The molecule has 0 saturated heterocycles. The molecular weight excluding hydrogens is 240 g/mol. The molecule has 1 unspecified atom stereocenters. The maximum Gasteiger partial charge on any atom is 0.0205 e. The molecule has 1 atom stereocenters. The number of benzene rings is 1. The molecule has 0 heterocycles. The van der Waals surface area contributed by atoms with Gasteiger partial charge in [-0.2, -0.15) is 0 Å². The number of hydrogen-bond acceptors (Lipinski definition) is 3. The fourth-order valence-electron chi connectivity index (χ4n) is 1.77. The van der Waals surface area contributed by atoms with Crippen LogP contribution in [0.3, 0.4) is 0 Å². The second kappa shape index (κ2) is 8.57. The Kier molecular flexibility index (Phi) is 7.40. The Morgan fingerprint density at radius 2 is 1.89 bits per heavy atom. The Bertz CT molecular complexity index is 318. The van der Waals surface area contributed by atoms with Crippen LogP contribution in [0.1, 0.15) is 32.8 Å². The minimum atomic E-state index is 0.598. The number of hydrogen-bond donors (Lipinski definition) is 2. The summed E-state index contributed by atoms with van der Waals surface area (Å²) in [6.07, 6.45) is 1.15. The van der Waals surface area contributed by atoms with Crippen LogP contribution < -0.4 is 11.1 Å². The largest absolute Gasteiger partial charge is 0.330 e. The molecule has 2 nitrogen and oxygen atoms in total. The molecule has 0 spiro atoms. The van der Waals surface area contributed by atoms with Crippen molar-refractivity contribution >= 4 is 11.8 Å². The smallest absolute Gasteiger partial charge is 0.0205 e. The molecule has 1 aromatic carbocycles. The van der Waals surface area contributed by atoms with E-state index in [0.29, 0.717) is 11.2 Å². The summed E-state index contributed by atoms with van der Waals surface area (Å²) in [7, 11) is 0. The lowest BCUT2D eigenvalue weighted by atomic mass is 10.1. The first-order chi connectivity index (χ1) is 8.65. The van der Waals surface area contributed by atoms with E-state index in [1.807, 2.05) is 11.8 Å². The zero-order valence-electron chi connectivity index (χ0n) is 11.8. The third-order valence-corrected chi connectivity index (χ3v) is 3.98. The van der Waals surface area contributed by atoms with Gasteiger partial charge in [-0.3, -0.25) is 0 Å². The second-order valence-corrected chi connectivity index (χ2v) is 6.60. The first-order valence-corrected chi connectivity index (χ1v) is 7.70. The van der Waals surface area contributed by atoms with Crippen LogP contribution in [-0.2, 0) is 6.54 Å². The van der Waals surface area contributed by atoms with E-state index in [4.69, 9.17) is 5.73 Å². The van der Waals surface area contributed by atoms with Crippen LogP contribution >= 0.6 is 11.8 Å². The van der Waals surface area contributed by atoms with Crippen molar-refractivity contribution in [3.63, 3.8) is 0 Å². The van der Waals surface area contributed by atoms with Gasteiger partial charge in [0.15, 0.2) is 0 Å². The van der Waals surface area contributed by atoms with Crippen LogP contribution in [0.25, 0.3) is 0 Å². The van der Waals surface area contributed by atoms with E-state index in [2.05, 4.69) is 50.4 Å². The highest BCUT2D eigenvalue weighted by atomic mass is 32.2. The van der Waals surface area contributed by atoms with Gasteiger partial charge in [-0.15, -0.1) is 11.8 Å². The maximum absolute atomic E-state index is 5.69. The van der Waals surface area contributed by atoms with E-state index in [1.165, 1.54) is 10.5 Å². The van der Waals surface area contributed by atoms with Crippen molar-refractivity contribution in [2.45, 2.75) is 43.9 Å². The summed E-state index contributed by atoms with van der Waals surface area (Å²) in [6.45, 7) is 9.35. The highest BCUT2D eigenvalue weighted by molar-refractivity contribution is 7.99. The van der Waals surface area contributed by atoms with E-state index in [-0.39, 0.29) is 0 Å². The summed E-state index contributed by atoms with van der Waals surface area (Å²) in [5, 5.41) is 4.12. The summed E-state index contributed by atoms with van der Waals surface area (Å²) in [6, 6.07) is 8.84. The average molecular weight is 266 g/mol. The monoisotopic (exact) mass is 266 g/mol. The fourth-order valence-corrected chi connectivity index (χ4v) is 2.61. The van der Waals surface area contributed by atoms with E-state index >= 15 is 0 Å². The fraction of sp³-hybridized carbons (Fsp3) is 0.600. The minimum absolute atomic E-state index is 0.598. The Morgan fingerprint density at radius 1 is 1.22 bits per heavy atom. The molecule has 0 saturated carbocycles. The van der Waals surface area contributed by atoms with Gasteiger partial charge < -0.3 is 11.1 Å². The van der Waals surface area contributed by atoms with Crippen LogP contribution in [0.15, 0.2) is 29.2 Å². The Hall–Kier alpha value is -0.510. The third-order valence-electron chi connectivity index (χ3n) is 2.97. The molecule has 0 aliphatic heterocycles. The van der Waals surface area contributed by atoms with E-state index in [1.54, 1.807) is 0 Å². The zero-order chi connectivity index (χ0) is 13.4. The maximum atomic E-state index is 5.69. The van der Waals surface area contributed by atoms with Crippen molar-refractivity contribution in [3.05, 3.63) is 29.8 Å². The molecule has 0 fully saturated rings. The molecule has 0 radical (unpaired) electrons. The van der Waals surface area contributed by atoms with Crippen molar-refractivity contribution in [1.82, 2.24) is 5.32 Å². The number of rotatable bonds is 8. The molecule has 0 bridgehead atoms. The number of thioether (sulfide) groups is 1. The topological polar surface area (TPSA) is 38.0 Å². The molecule has 102 valence electrons. The molecular formula is C15H26N2S. The molecule has 1 aromatic rings. The molecule has 0 aliphatic rings. The standard InChI is InChI=1S/C15H26N2S/c1-4-13(9-16)10-17-11-14-5-7-15(8-6-14)18-12(2)3/h5-8,12-13,17H,4,9-11,16H2,1-3H3. The van der Waals surface area contributed by atoms with E-state index < -0.39 is 0 Å². The van der Waals surface area contributed by atoms with Gasteiger partial charge in [-0.1, -0.05) is 39.3 Å². The van der Waals surface area contributed by atoms with Gasteiger partial charge in [0.1, 0.15) is 0 Å². The van der Waals surface area contributed by atoms with Gasteiger partial charge in [-0.25, -0.2) is 0 Å². The lowest BCUT2D eigenvalue weighted by Crippen LogP contribution is -2.27. The van der Waals surface area contributed by atoms with E-state index in [9.17, 15) is 0 Å². The molecule has 0 aromatic heterocycles. The van der Waals surface area contributed by atoms with Crippen molar-refractivity contribution in [1.29, 1.82) is 0 Å². The summed E-state index contributed by atoms with van der Waals surface area (Å²) in [5.41, 5.74) is 7.03. The van der Waals surface area contributed by atoms with Gasteiger partial charge in [0, 0.05) is 16.7 Å². The SMILES string of the molecule is CCC(CN)CNCc1ccc(SC(C)C)cc1. The van der Waals surface area contributed by atoms with Gasteiger partial charge in [0.2, 0.25) is 0 Å². The quantitative estimate of drug-likeness (QED) is 0.709. The normalized spacial score (nSPS) is 12.9. The lowest BCUT2D eigenvalue weighted by Gasteiger charge is -2.13. The van der Waals surface area contributed by atoms with Crippen molar-refractivity contribution in [3.8, 4) is 0 Å². The predicted molar refractivity (Wildman–Crippen MR) is 82.0 cm³/mol. The van der Waals surface area contributed by atoms with Crippen molar-refractivity contribution in [2.24, 2.45) is 11.7 Å². The lowest BCUT2D eigenvalue weighted by molar-refractivity contribution is 0.471. The summed E-state index contributed by atoms with van der Waals surface area (Å²) >= 11 is 1.91. The first kappa shape index (κ1) is 15.5. The van der Waals surface area contributed by atoms with Gasteiger partial charge in [0.05, 0.1) is 0 Å². The van der Waals surface area contributed by atoms with Crippen LogP contribution in [0.5, 0.6) is 0 Å². The second-order valence-electron chi connectivity index (χ2n) is 4.95. The first-order valence-electron chi connectivity index (χ1n) is 6.82. The number of nitrogens with two attached hydrogens (primary N) is 1. The average Bonchev–Trinajstić information content (AvgIpc) is 2.36. The Balaban J connectivity index is 2.35. The van der Waals surface area contributed by atoms with Crippen LogP contribution in [-0.4, -0.2) is 18.3 Å². The Labute approximate surface area is 116 Å². The highest BCUT2D eigenvalue weighted by Gasteiger charge is 2.03. The molecule has 3 heteroatoms. The summed E-state index contributed by atoms with van der Waals surface area (Å²) in [5.74, 6) is 0.598. The van der Waals surface area contributed by atoms with Gasteiger partial charge >= 0.3 is 0 Å². The molecule has 3 N–H and O–H groups in total. The summed E-state index contributed by atoms with van der Waals surface area (Å²) in [4.78, 5) is 1.35. The van der Waals surface area contributed by atoms with Gasteiger partial charge in [0.25, 0.3) is 0 Å². The predicted octanol–water partition coefficient (Wildman–Crippen LogP) is 3.26.